The number of thiophene rings is 1. The van der Waals surface area contributed by atoms with Gasteiger partial charge in [0.2, 0.25) is 0 Å². The molecule has 3 N–H and O–H groups in total. The molecule has 3 nitrogen and oxygen atoms in total. The first-order chi connectivity index (χ1) is 7.77. The minimum Gasteiger partial charge on any atom is -0.389 e. The molecular weight excluding hydrogens is 238 g/mol. The molecule has 0 bridgehead atoms. The summed E-state index contributed by atoms with van der Waals surface area (Å²) in [5.74, 6) is 0. The molecule has 0 aliphatic rings. The molecule has 0 aliphatic carbocycles. The van der Waals surface area contributed by atoms with Crippen LogP contribution in [0.4, 0.5) is 5.69 Å². The van der Waals surface area contributed by atoms with Gasteiger partial charge in [-0.05, 0) is 23.6 Å². The van der Waals surface area contributed by atoms with E-state index in [-0.39, 0.29) is 0 Å². The molecule has 2 heterocycles. The maximum Gasteiger partial charge on any atom is 0.116 e. The van der Waals surface area contributed by atoms with E-state index in [9.17, 15) is 0 Å². The Morgan fingerprint density at radius 2 is 2.31 bits per heavy atom. The van der Waals surface area contributed by atoms with E-state index < -0.39 is 0 Å². The fourth-order valence-electron chi connectivity index (χ4n) is 1.33. The van der Waals surface area contributed by atoms with Crippen LogP contribution >= 0.6 is 23.6 Å². The summed E-state index contributed by atoms with van der Waals surface area (Å²) >= 11 is 6.51. The summed E-state index contributed by atoms with van der Waals surface area (Å²) in [5, 5.41) is 5.24. The molecule has 2 aromatic heterocycles. The fourth-order valence-corrected chi connectivity index (χ4v) is 2.31. The second-order valence-corrected chi connectivity index (χ2v) is 4.56. The number of nitrogens with one attached hydrogen (secondary N) is 1. The number of thiocarbonyl (C=S) groups is 1. The minimum atomic E-state index is 0.429. The van der Waals surface area contributed by atoms with Gasteiger partial charge in [-0.2, -0.15) is 0 Å². The molecule has 2 aromatic rings. The summed E-state index contributed by atoms with van der Waals surface area (Å²) in [7, 11) is 0. The number of nitrogens with two attached hydrogens (primary N) is 1. The Labute approximate surface area is 103 Å². The van der Waals surface area contributed by atoms with Gasteiger partial charge in [0.1, 0.15) is 4.99 Å². The first-order valence-corrected chi connectivity index (χ1v) is 6.07. The predicted octanol–water partition coefficient (Wildman–Crippen LogP) is 2.39. The zero-order chi connectivity index (χ0) is 11.4. The number of hydrogen-bond acceptors (Lipinski definition) is 4. The Morgan fingerprint density at radius 3 is 3.00 bits per heavy atom. The van der Waals surface area contributed by atoms with E-state index in [1.807, 2.05) is 29.6 Å². The van der Waals surface area contributed by atoms with Gasteiger partial charge in [-0.1, -0.05) is 18.3 Å². The molecule has 0 saturated carbocycles. The number of nitrogens with zero attached hydrogens (tertiary/aromatic N) is 1. The molecule has 0 aliphatic heterocycles. The number of anilines is 1. The van der Waals surface area contributed by atoms with Crippen molar-refractivity contribution < 1.29 is 0 Å². The summed E-state index contributed by atoms with van der Waals surface area (Å²) in [4.78, 5) is 5.58. The van der Waals surface area contributed by atoms with Crippen LogP contribution in [0.25, 0.3) is 0 Å². The Hall–Kier alpha value is -1.46. The average Bonchev–Trinajstić information content (AvgIpc) is 2.76. The van der Waals surface area contributed by atoms with Gasteiger partial charge in [0.05, 0.1) is 22.8 Å². The van der Waals surface area contributed by atoms with E-state index in [0.717, 1.165) is 16.3 Å². The molecule has 0 amide bonds. The summed E-state index contributed by atoms with van der Waals surface area (Å²) in [6, 6.07) is 7.81. The Kier molecular flexibility index (Phi) is 3.48. The minimum absolute atomic E-state index is 0.429. The van der Waals surface area contributed by atoms with Crippen molar-refractivity contribution >= 4 is 34.2 Å². The van der Waals surface area contributed by atoms with E-state index >= 15 is 0 Å². The van der Waals surface area contributed by atoms with Crippen LogP contribution in [0.15, 0.2) is 35.8 Å². The molecule has 0 radical (unpaired) electrons. The van der Waals surface area contributed by atoms with Gasteiger partial charge in [-0.3, -0.25) is 4.98 Å². The SMILES string of the molecule is NC(=S)c1sccc1NCc1ccccn1. The van der Waals surface area contributed by atoms with Crippen LogP contribution in [0, 0.1) is 0 Å². The van der Waals surface area contributed by atoms with Crippen LogP contribution in [0.1, 0.15) is 10.6 Å². The molecular formula is C11H11N3S2. The number of hydrogen-bond donors (Lipinski definition) is 2. The Bertz CT molecular complexity index is 479. The normalized spacial score (nSPS) is 10.0. The number of aromatic nitrogens is 1. The molecule has 0 spiro atoms. The van der Waals surface area contributed by atoms with Crippen molar-refractivity contribution in [2.24, 2.45) is 5.73 Å². The fraction of sp³-hybridized carbons (Fsp3) is 0.0909. The summed E-state index contributed by atoms with van der Waals surface area (Å²) in [5.41, 5.74) is 7.58. The standard InChI is InChI=1S/C11H11N3S2/c12-11(15)10-9(4-6-16-10)14-7-8-3-1-2-5-13-8/h1-6,14H,7H2,(H2,12,15). The third-order valence-corrected chi connectivity index (χ3v) is 3.36. The third-order valence-electron chi connectivity index (χ3n) is 2.08. The maximum atomic E-state index is 5.61. The lowest BCUT2D eigenvalue weighted by molar-refractivity contribution is 1.05. The maximum absolute atomic E-state index is 5.61. The molecule has 82 valence electrons. The smallest absolute Gasteiger partial charge is 0.116 e. The summed E-state index contributed by atoms with van der Waals surface area (Å²) in [6.45, 7) is 0.674. The quantitative estimate of drug-likeness (QED) is 0.817. The zero-order valence-corrected chi connectivity index (χ0v) is 10.1. The van der Waals surface area contributed by atoms with E-state index in [1.54, 1.807) is 17.5 Å². The molecule has 16 heavy (non-hydrogen) atoms. The van der Waals surface area contributed by atoms with Gasteiger partial charge in [0.25, 0.3) is 0 Å². The second kappa shape index (κ2) is 5.05. The highest BCUT2D eigenvalue weighted by molar-refractivity contribution is 7.81. The van der Waals surface area contributed by atoms with Crippen molar-refractivity contribution in [3.05, 3.63) is 46.4 Å². The highest BCUT2D eigenvalue weighted by atomic mass is 32.1. The van der Waals surface area contributed by atoms with Crippen molar-refractivity contribution in [3.8, 4) is 0 Å². The highest BCUT2D eigenvalue weighted by Crippen LogP contribution is 2.22. The van der Waals surface area contributed by atoms with Crippen molar-refractivity contribution in [3.63, 3.8) is 0 Å². The second-order valence-electron chi connectivity index (χ2n) is 3.20. The van der Waals surface area contributed by atoms with E-state index in [1.165, 1.54) is 0 Å². The van der Waals surface area contributed by atoms with Gasteiger partial charge >= 0.3 is 0 Å². The highest BCUT2D eigenvalue weighted by Gasteiger charge is 2.06. The van der Waals surface area contributed by atoms with Crippen molar-refractivity contribution in [2.45, 2.75) is 6.54 Å². The first kappa shape index (κ1) is 11.0. The lowest BCUT2D eigenvalue weighted by Crippen LogP contribution is -2.10. The number of pyridine rings is 1. The van der Waals surface area contributed by atoms with E-state index in [2.05, 4.69) is 10.3 Å². The van der Waals surface area contributed by atoms with Gasteiger partial charge in [0.15, 0.2) is 0 Å². The summed E-state index contributed by atoms with van der Waals surface area (Å²) < 4.78 is 0. The van der Waals surface area contributed by atoms with Crippen LogP contribution in [0.5, 0.6) is 0 Å². The Balaban J connectivity index is 2.05. The molecule has 0 saturated heterocycles. The van der Waals surface area contributed by atoms with Gasteiger partial charge < -0.3 is 11.1 Å². The van der Waals surface area contributed by atoms with E-state index in [4.69, 9.17) is 18.0 Å². The number of rotatable bonds is 4. The molecule has 2 rings (SSSR count). The predicted molar refractivity (Wildman–Crippen MR) is 71.8 cm³/mol. The van der Waals surface area contributed by atoms with Crippen LogP contribution in [-0.4, -0.2) is 9.97 Å². The lowest BCUT2D eigenvalue weighted by Gasteiger charge is -2.05. The van der Waals surface area contributed by atoms with Crippen molar-refractivity contribution in [1.82, 2.24) is 4.98 Å². The van der Waals surface area contributed by atoms with Crippen LogP contribution in [0.3, 0.4) is 0 Å². The van der Waals surface area contributed by atoms with Crippen LogP contribution in [-0.2, 0) is 6.54 Å². The Morgan fingerprint density at radius 1 is 1.44 bits per heavy atom. The van der Waals surface area contributed by atoms with Crippen molar-refractivity contribution in [1.29, 1.82) is 0 Å². The van der Waals surface area contributed by atoms with Gasteiger partial charge in [0, 0.05) is 6.20 Å². The van der Waals surface area contributed by atoms with E-state index in [0.29, 0.717) is 11.5 Å². The topological polar surface area (TPSA) is 50.9 Å². The molecule has 0 fully saturated rings. The average molecular weight is 249 g/mol. The van der Waals surface area contributed by atoms with Gasteiger partial charge in [-0.25, -0.2) is 0 Å². The zero-order valence-electron chi connectivity index (χ0n) is 8.51. The molecule has 0 unspecified atom stereocenters. The van der Waals surface area contributed by atoms with Crippen LogP contribution < -0.4 is 11.1 Å². The molecule has 0 atom stereocenters. The van der Waals surface area contributed by atoms with Crippen molar-refractivity contribution in [2.75, 3.05) is 5.32 Å². The molecule has 5 heteroatoms. The largest absolute Gasteiger partial charge is 0.389 e. The van der Waals surface area contributed by atoms with Crippen LogP contribution in [0.2, 0.25) is 0 Å². The first-order valence-electron chi connectivity index (χ1n) is 4.78. The monoisotopic (exact) mass is 249 g/mol. The third kappa shape index (κ3) is 2.56. The summed E-state index contributed by atoms with van der Waals surface area (Å²) in [6.07, 6.45) is 1.78. The molecule has 0 aromatic carbocycles. The lowest BCUT2D eigenvalue weighted by atomic mass is 10.3. The van der Waals surface area contributed by atoms with Gasteiger partial charge in [-0.15, -0.1) is 11.3 Å².